The molecule has 0 unspecified atom stereocenters. The lowest BCUT2D eigenvalue weighted by Gasteiger charge is -2.17. The average Bonchev–Trinajstić information content (AvgIpc) is 2.79. The summed E-state index contributed by atoms with van der Waals surface area (Å²) in [4.78, 5) is 24.3. The first kappa shape index (κ1) is 19.7. The lowest BCUT2D eigenvalue weighted by molar-refractivity contribution is 0.0951. The quantitative estimate of drug-likeness (QED) is 0.510. The molecular formula is C25H24N4O. The van der Waals surface area contributed by atoms with Gasteiger partial charge in [0.25, 0.3) is 5.91 Å². The van der Waals surface area contributed by atoms with Crippen molar-refractivity contribution in [3.63, 3.8) is 0 Å². The normalized spacial score (nSPS) is 11.0. The van der Waals surface area contributed by atoms with Crippen LogP contribution >= 0.6 is 0 Å². The van der Waals surface area contributed by atoms with E-state index in [1.807, 2.05) is 66.7 Å². The minimum atomic E-state index is -0.0982. The number of carbonyl (C=O) groups excluding carboxylic acids is 1. The number of pyridine rings is 2. The molecule has 4 aromatic rings. The van der Waals surface area contributed by atoms with Crippen molar-refractivity contribution < 1.29 is 4.79 Å². The number of para-hydroxylation sites is 1. The third-order valence-electron chi connectivity index (χ3n) is 4.96. The van der Waals surface area contributed by atoms with E-state index in [1.54, 1.807) is 6.20 Å². The summed E-state index contributed by atoms with van der Waals surface area (Å²) < 4.78 is 0. The van der Waals surface area contributed by atoms with Gasteiger partial charge in [-0.25, -0.2) is 4.98 Å². The lowest BCUT2D eigenvalue weighted by Crippen LogP contribution is -2.33. The van der Waals surface area contributed by atoms with Gasteiger partial charge < -0.3 is 10.2 Å². The number of nitrogens with one attached hydrogen (secondary N) is 1. The predicted octanol–water partition coefficient (Wildman–Crippen LogP) is 4.16. The standard InChI is InChI=1S/C25H24N4O/c1-29(18-19-9-3-2-4-10-19)16-15-27-25(30)21-17-24(23-13-7-8-14-26-23)28-22-12-6-5-11-20(21)22/h2-14,17H,15-16,18H2,1H3,(H,27,30). The van der Waals surface area contributed by atoms with Gasteiger partial charge in [0.1, 0.15) is 0 Å². The number of fused-ring (bicyclic) bond motifs is 1. The fraction of sp³-hybridized carbons (Fsp3) is 0.160. The first-order valence-electron chi connectivity index (χ1n) is 10.0. The highest BCUT2D eigenvalue weighted by Crippen LogP contribution is 2.23. The minimum Gasteiger partial charge on any atom is -0.351 e. The molecule has 0 spiro atoms. The van der Waals surface area contributed by atoms with Crippen LogP contribution < -0.4 is 5.32 Å². The number of carbonyl (C=O) groups is 1. The van der Waals surface area contributed by atoms with Gasteiger partial charge in [0.05, 0.1) is 22.5 Å². The number of hydrogen-bond acceptors (Lipinski definition) is 4. The Labute approximate surface area is 176 Å². The lowest BCUT2D eigenvalue weighted by atomic mass is 10.1. The molecule has 2 aromatic carbocycles. The minimum absolute atomic E-state index is 0.0982. The maximum absolute atomic E-state index is 13.0. The molecule has 2 heterocycles. The summed E-state index contributed by atoms with van der Waals surface area (Å²) in [6.07, 6.45) is 1.73. The Kier molecular flexibility index (Phi) is 6.11. The molecule has 0 saturated heterocycles. The molecule has 0 aliphatic carbocycles. The van der Waals surface area contributed by atoms with E-state index in [1.165, 1.54) is 5.56 Å². The summed E-state index contributed by atoms with van der Waals surface area (Å²) in [7, 11) is 2.06. The maximum atomic E-state index is 13.0. The van der Waals surface area contributed by atoms with Gasteiger partial charge in [-0.15, -0.1) is 0 Å². The topological polar surface area (TPSA) is 58.1 Å². The Balaban J connectivity index is 1.48. The van der Waals surface area contributed by atoms with Crippen molar-refractivity contribution >= 4 is 16.8 Å². The van der Waals surface area contributed by atoms with Crippen LogP contribution in [-0.4, -0.2) is 40.9 Å². The third kappa shape index (κ3) is 4.70. The highest BCUT2D eigenvalue weighted by molar-refractivity contribution is 6.07. The van der Waals surface area contributed by atoms with Crippen molar-refractivity contribution in [3.05, 3.63) is 96.2 Å². The van der Waals surface area contributed by atoms with Gasteiger partial charge >= 0.3 is 0 Å². The van der Waals surface area contributed by atoms with E-state index in [0.717, 1.165) is 29.7 Å². The van der Waals surface area contributed by atoms with Gasteiger partial charge in [0.2, 0.25) is 0 Å². The fourth-order valence-corrected chi connectivity index (χ4v) is 3.44. The van der Waals surface area contributed by atoms with Crippen molar-refractivity contribution in [1.29, 1.82) is 0 Å². The van der Waals surface area contributed by atoms with Crippen molar-refractivity contribution in [2.24, 2.45) is 0 Å². The SMILES string of the molecule is CN(CCNC(=O)c1cc(-c2ccccn2)nc2ccccc12)Cc1ccccc1. The van der Waals surface area contributed by atoms with E-state index in [2.05, 4.69) is 34.4 Å². The number of benzene rings is 2. The number of hydrogen-bond donors (Lipinski definition) is 1. The van der Waals surface area contributed by atoms with Gasteiger partial charge in [-0.3, -0.25) is 9.78 Å². The van der Waals surface area contributed by atoms with Crippen LogP contribution in [0, 0.1) is 0 Å². The maximum Gasteiger partial charge on any atom is 0.252 e. The first-order valence-corrected chi connectivity index (χ1v) is 10.0. The Morgan fingerprint density at radius 1 is 0.933 bits per heavy atom. The third-order valence-corrected chi connectivity index (χ3v) is 4.96. The number of likely N-dealkylation sites (N-methyl/N-ethyl adjacent to an activating group) is 1. The second-order valence-electron chi connectivity index (χ2n) is 7.27. The molecule has 2 aromatic heterocycles. The highest BCUT2D eigenvalue weighted by atomic mass is 16.1. The van der Waals surface area contributed by atoms with Crippen LogP contribution in [0.15, 0.2) is 85.1 Å². The number of nitrogens with zero attached hydrogens (tertiary/aromatic N) is 3. The molecule has 0 saturated carbocycles. The fourth-order valence-electron chi connectivity index (χ4n) is 3.44. The number of aromatic nitrogens is 2. The van der Waals surface area contributed by atoms with E-state index in [0.29, 0.717) is 17.8 Å². The van der Waals surface area contributed by atoms with Crippen molar-refractivity contribution in [1.82, 2.24) is 20.2 Å². The van der Waals surface area contributed by atoms with Gasteiger partial charge in [0, 0.05) is 31.2 Å². The summed E-state index contributed by atoms with van der Waals surface area (Å²) in [6, 6.07) is 25.5. The smallest absolute Gasteiger partial charge is 0.252 e. The van der Waals surface area contributed by atoms with E-state index in [-0.39, 0.29) is 5.91 Å². The van der Waals surface area contributed by atoms with Crippen LogP contribution in [0.5, 0.6) is 0 Å². The molecule has 0 aliphatic heterocycles. The molecule has 4 rings (SSSR count). The van der Waals surface area contributed by atoms with E-state index in [4.69, 9.17) is 4.98 Å². The molecule has 1 amide bonds. The summed E-state index contributed by atoms with van der Waals surface area (Å²) >= 11 is 0. The van der Waals surface area contributed by atoms with Gasteiger partial charge in [-0.05, 0) is 36.9 Å². The van der Waals surface area contributed by atoms with Gasteiger partial charge in [0.15, 0.2) is 0 Å². The second kappa shape index (κ2) is 9.29. The first-order chi connectivity index (χ1) is 14.7. The second-order valence-corrected chi connectivity index (χ2v) is 7.27. The van der Waals surface area contributed by atoms with E-state index < -0.39 is 0 Å². The van der Waals surface area contributed by atoms with E-state index >= 15 is 0 Å². The molecule has 0 fully saturated rings. The number of amides is 1. The molecule has 30 heavy (non-hydrogen) atoms. The molecule has 0 radical (unpaired) electrons. The Bertz CT molecular complexity index is 1130. The predicted molar refractivity (Wildman–Crippen MR) is 120 cm³/mol. The Morgan fingerprint density at radius 2 is 1.70 bits per heavy atom. The molecule has 0 bridgehead atoms. The van der Waals surface area contributed by atoms with Crippen LogP contribution in [0.3, 0.4) is 0 Å². The highest BCUT2D eigenvalue weighted by Gasteiger charge is 2.14. The Hall–Kier alpha value is -3.57. The van der Waals surface area contributed by atoms with Crippen molar-refractivity contribution in [2.75, 3.05) is 20.1 Å². The number of rotatable bonds is 7. The summed E-state index contributed by atoms with van der Waals surface area (Å²) in [5.41, 5.74) is 4.10. The van der Waals surface area contributed by atoms with Gasteiger partial charge in [-0.1, -0.05) is 54.6 Å². The molecule has 1 N–H and O–H groups in total. The summed E-state index contributed by atoms with van der Waals surface area (Å²) in [5, 5.41) is 3.90. The van der Waals surface area contributed by atoms with Crippen LogP contribution in [0.2, 0.25) is 0 Å². The van der Waals surface area contributed by atoms with Crippen LogP contribution in [0.1, 0.15) is 15.9 Å². The van der Waals surface area contributed by atoms with E-state index in [9.17, 15) is 4.79 Å². The summed E-state index contributed by atoms with van der Waals surface area (Å²) in [6.45, 7) is 2.17. The van der Waals surface area contributed by atoms with Gasteiger partial charge in [-0.2, -0.15) is 0 Å². The molecular weight excluding hydrogens is 372 g/mol. The van der Waals surface area contributed by atoms with Crippen molar-refractivity contribution in [3.8, 4) is 11.4 Å². The average molecular weight is 396 g/mol. The monoisotopic (exact) mass is 396 g/mol. The molecule has 5 heteroatoms. The Morgan fingerprint density at radius 3 is 2.50 bits per heavy atom. The zero-order chi connectivity index (χ0) is 20.8. The molecule has 0 aliphatic rings. The molecule has 150 valence electrons. The zero-order valence-corrected chi connectivity index (χ0v) is 17.0. The largest absolute Gasteiger partial charge is 0.351 e. The molecule has 5 nitrogen and oxygen atoms in total. The van der Waals surface area contributed by atoms with Crippen LogP contribution in [-0.2, 0) is 6.54 Å². The van der Waals surface area contributed by atoms with Crippen molar-refractivity contribution in [2.45, 2.75) is 6.54 Å². The molecule has 0 atom stereocenters. The zero-order valence-electron chi connectivity index (χ0n) is 17.0. The van der Waals surface area contributed by atoms with Crippen LogP contribution in [0.25, 0.3) is 22.3 Å². The van der Waals surface area contributed by atoms with Crippen LogP contribution in [0.4, 0.5) is 0 Å². The summed E-state index contributed by atoms with van der Waals surface area (Å²) in [5.74, 6) is -0.0982.